The second-order valence-corrected chi connectivity index (χ2v) is 7.09. The van der Waals surface area contributed by atoms with Crippen LogP contribution in [0, 0.1) is 17.3 Å². The van der Waals surface area contributed by atoms with Crippen LogP contribution >= 0.6 is 0 Å². The standard InChI is InChI=1S/C17H23NO3/c1-10-6-13-7-11(2)17(10,3)5-4-12-8-14(19)18(16(12)13)9-15(20)21/h6,8,11,13,16H,4-5,7,9H2,1-3H3,(H,20,21). The highest BCUT2D eigenvalue weighted by atomic mass is 16.4. The van der Waals surface area contributed by atoms with Gasteiger partial charge in [-0.25, -0.2) is 0 Å². The van der Waals surface area contributed by atoms with Gasteiger partial charge in [-0.1, -0.05) is 25.5 Å². The Balaban J connectivity index is 2.01. The van der Waals surface area contributed by atoms with E-state index in [2.05, 4.69) is 26.8 Å². The van der Waals surface area contributed by atoms with Crippen LogP contribution in [0.5, 0.6) is 0 Å². The molecule has 0 aromatic heterocycles. The van der Waals surface area contributed by atoms with Gasteiger partial charge in [-0.3, -0.25) is 9.59 Å². The van der Waals surface area contributed by atoms with Crippen molar-refractivity contribution in [3.63, 3.8) is 0 Å². The molecule has 0 radical (unpaired) electrons. The van der Waals surface area contributed by atoms with Gasteiger partial charge in [0.15, 0.2) is 0 Å². The number of rotatable bonds is 2. The highest BCUT2D eigenvalue weighted by Gasteiger charge is 2.47. The van der Waals surface area contributed by atoms with E-state index in [9.17, 15) is 9.59 Å². The molecule has 4 atom stereocenters. The number of amides is 1. The van der Waals surface area contributed by atoms with Crippen LogP contribution in [0.4, 0.5) is 0 Å². The molecule has 1 fully saturated rings. The Morgan fingerprint density at radius 3 is 2.86 bits per heavy atom. The zero-order valence-corrected chi connectivity index (χ0v) is 12.9. The summed E-state index contributed by atoms with van der Waals surface area (Å²) in [6.45, 7) is 6.61. The van der Waals surface area contributed by atoms with Crippen LogP contribution < -0.4 is 0 Å². The fourth-order valence-corrected chi connectivity index (χ4v) is 4.42. The van der Waals surface area contributed by atoms with Crippen LogP contribution in [0.1, 0.15) is 40.0 Å². The van der Waals surface area contributed by atoms with Crippen molar-refractivity contribution in [1.29, 1.82) is 0 Å². The van der Waals surface area contributed by atoms with Gasteiger partial charge < -0.3 is 10.0 Å². The molecule has 4 heteroatoms. The van der Waals surface area contributed by atoms with E-state index in [-0.39, 0.29) is 29.8 Å². The number of carbonyl (C=O) groups excluding carboxylic acids is 1. The van der Waals surface area contributed by atoms with Gasteiger partial charge in [-0.05, 0) is 43.1 Å². The molecule has 2 bridgehead atoms. The third-order valence-electron chi connectivity index (χ3n) is 6.03. The van der Waals surface area contributed by atoms with Crippen LogP contribution in [-0.2, 0) is 9.59 Å². The van der Waals surface area contributed by atoms with Crippen molar-refractivity contribution in [1.82, 2.24) is 4.90 Å². The van der Waals surface area contributed by atoms with E-state index < -0.39 is 5.97 Å². The SMILES string of the molecule is CC1=CC2CC(C)C1(C)CCC1=CC(=O)N(CC(=O)O)C12. The molecule has 4 rings (SSSR count). The zero-order valence-electron chi connectivity index (χ0n) is 12.9. The van der Waals surface area contributed by atoms with Gasteiger partial charge in [-0.15, -0.1) is 0 Å². The summed E-state index contributed by atoms with van der Waals surface area (Å²) in [5.41, 5.74) is 2.75. The van der Waals surface area contributed by atoms with Crippen molar-refractivity contribution in [2.24, 2.45) is 17.3 Å². The molecule has 3 aliphatic carbocycles. The van der Waals surface area contributed by atoms with Gasteiger partial charge in [0.2, 0.25) is 5.91 Å². The first-order valence-corrected chi connectivity index (χ1v) is 7.74. The van der Waals surface area contributed by atoms with Crippen molar-refractivity contribution in [2.45, 2.75) is 46.1 Å². The van der Waals surface area contributed by atoms with E-state index in [0.717, 1.165) is 24.8 Å². The second kappa shape index (κ2) is 4.72. The molecule has 1 amide bonds. The third kappa shape index (κ3) is 2.12. The number of fused-ring (bicyclic) bond motifs is 2. The van der Waals surface area contributed by atoms with Crippen LogP contribution in [0.25, 0.3) is 0 Å². The van der Waals surface area contributed by atoms with E-state index in [1.165, 1.54) is 5.57 Å². The van der Waals surface area contributed by atoms with Crippen molar-refractivity contribution < 1.29 is 14.7 Å². The number of carboxylic acid groups (broad SMARTS) is 1. The van der Waals surface area contributed by atoms with Crippen LogP contribution in [-0.4, -0.2) is 34.5 Å². The Bertz CT molecular complexity index is 562. The Labute approximate surface area is 125 Å². The third-order valence-corrected chi connectivity index (χ3v) is 6.03. The zero-order chi connectivity index (χ0) is 15.4. The van der Waals surface area contributed by atoms with Crippen LogP contribution in [0.2, 0.25) is 0 Å². The van der Waals surface area contributed by atoms with Gasteiger partial charge in [-0.2, -0.15) is 0 Å². The Kier molecular flexibility index (Phi) is 3.23. The van der Waals surface area contributed by atoms with Gasteiger partial charge >= 0.3 is 5.97 Å². The normalized spacial score (nSPS) is 38.5. The highest BCUT2D eigenvalue weighted by Crippen LogP contribution is 2.52. The first kappa shape index (κ1) is 14.4. The fourth-order valence-electron chi connectivity index (χ4n) is 4.42. The molecule has 1 N–H and O–H groups in total. The fraction of sp³-hybridized carbons (Fsp3) is 0.647. The summed E-state index contributed by atoms with van der Waals surface area (Å²) in [6.07, 6.45) is 6.95. The predicted molar refractivity (Wildman–Crippen MR) is 79.6 cm³/mol. The minimum absolute atomic E-state index is 0.0455. The van der Waals surface area contributed by atoms with E-state index in [0.29, 0.717) is 5.92 Å². The number of carbonyl (C=O) groups is 2. The number of hydrogen-bond acceptors (Lipinski definition) is 2. The number of hydrogen-bond donors (Lipinski definition) is 1. The van der Waals surface area contributed by atoms with Gasteiger partial charge in [0.1, 0.15) is 6.54 Å². The number of nitrogens with zero attached hydrogens (tertiary/aromatic N) is 1. The number of carboxylic acids is 1. The van der Waals surface area contributed by atoms with E-state index in [1.54, 1.807) is 11.0 Å². The van der Waals surface area contributed by atoms with Gasteiger partial charge in [0.05, 0.1) is 6.04 Å². The van der Waals surface area contributed by atoms with Crippen LogP contribution in [0.15, 0.2) is 23.3 Å². The lowest BCUT2D eigenvalue weighted by Gasteiger charge is -2.48. The van der Waals surface area contributed by atoms with Crippen molar-refractivity contribution in [3.8, 4) is 0 Å². The first-order valence-electron chi connectivity index (χ1n) is 7.74. The molecule has 1 saturated carbocycles. The molecule has 1 heterocycles. The molecule has 4 unspecified atom stereocenters. The molecule has 1 aliphatic heterocycles. The molecule has 0 saturated heterocycles. The lowest BCUT2D eigenvalue weighted by atomic mass is 9.59. The Morgan fingerprint density at radius 2 is 2.24 bits per heavy atom. The highest BCUT2D eigenvalue weighted by molar-refractivity contribution is 5.94. The molecule has 0 aromatic carbocycles. The van der Waals surface area contributed by atoms with E-state index in [1.807, 2.05) is 0 Å². The van der Waals surface area contributed by atoms with Crippen molar-refractivity contribution in [2.75, 3.05) is 6.54 Å². The summed E-state index contributed by atoms with van der Waals surface area (Å²) < 4.78 is 0. The summed E-state index contributed by atoms with van der Waals surface area (Å²) >= 11 is 0. The molecular weight excluding hydrogens is 266 g/mol. The van der Waals surface area contributed by atoms with Crippen LogP contribution in [0.3, 0.4) is 0 Å². The van der Waals surface area contributed by atoms with Crippen molar-refractivity contribution in [3.05, 3.63) is 23.3 Å². The van der Waals surface area contributed by atoms with E-state index >= 15 is 0 Å². The minimum atomic E-state index is -0.936. The average molecular weight is 289 g/mol. The summed E-state index contributed by atoms with van der Waals surface area (Å²) in [4.78, 5) is 24.8. The molecule has 114 valence electrons. The lowest BCUT2D eigenvalue weighted by Crippen LogP contribution is -2.47. The van der Waals surface area contributed by atoms with Gasteiger partial charge in [0, 0.05) is 12.0 Å². The van der Waals surface area contributed by atoms with Gasteiger partial charge in [0.25, 0.3) is 0 Å². The summed E-state index contributed by atoms with van der Waals surface area (Å²) in [5, 5.41) is 9.09. The molecule has 21 heavy (non-hydrogen) atoms. The topological polar surface area (TPSA) is 57.6 Å². The molecule has 4 nitrogen and oxygen atoms in total. The average Bonchev–Trinajstić information content (AvgIpc) is 2.68. The maximum absolute atomic E-state index is 12.2. The first-order chi connectivity index (χ1) is 9.83. The van der Waals surface area contributed by atoms with Crippen molar-refractivity contribution >= 4 is 11.9 Å². The quantitative estimate of drug-likeness (QED) is 0.795. The van der Waals surface area contributed by atoms with E-state index in [4.69, 9.17) is 5.11 Å². The maximum atomic E-state index is 12.2. The maximum Gasteiger partial charge on any atom is 0.323 e. The minimum Gasteiger partial charge on any atom is -0.480 e. The Morgan fingerprint density at radius 1 is 1.52 bits per heavy atom. The molecular formula is C17H23NO3. The Hall–Kier alpha value is -1.58. The largest absolute Gasteiger partial charge is 0.480 e. The second-order valence-electron chi connectivity index (χ2n) is 7.09. The summed E-state index contributed by atoms with van der Waals surface area (Å²) in [6, 6.07) is -0.0455. The molecule has 0 spiro atoms. The predicted octanol–water partition coefficient (Wildman–Crippen LogP) is 2.61. The number of aliphatic carboxylic acids is 1. The molecule has 0 aromatic rings. The summed E-state index contributed by atoms with van der Waals surface area (Å²) in [7, 11) is 0. The number of allylic oxidation sites excluding steroid dienone is 1. The summed E-state index contributed by atoms with van der Waals surface area (Å²) in [5.74, 6) is -0.247. The monoisotopic (exact) mass is 289 g/mol. The lowest BCUT2D eigenvalue weighted by molar-refractivity contribution is -0.143. The smallest absolute Gasteiger partial charge is 0.323 e. The molecule has 4 aliphatic rings.